The summed E-state index contributed by atoms with van der Waals surface area (Å²) in [6, 6.07) is 20.7. The Labute approximate surface area is 200 Å². The predicted octanol–water partition coefficient (Wildman–Crippen LogP) is 4.99. The van der Waals surface area contributed by atoms with Gasteiger partial charge in [0.05, 0.1) is 18.4 Å². The average Bonchev–Trinajstić information content (AvgIpc) is 2.84. The van der Waals surface area contributed by atoms with E-state index in [4.69, 9.17) is 14.2 Å². The zero-order valence-electron chi connectivity index (χ0n) is 18.0. The Bertz CT molecular complexity index is 1080. The number of nitrogens with one attached hydrogen (secondary N) is 1. The van der Waals surface area contributed by atoms with Crippen LogP contribution < -0.4 is 19.6 Å². The van der Waals surface area contributed by atoms with Crippen LogP contribution in [0.15, 0.2) is 82.4 Å². The summed E-state index contributed by atoms with van der Waals surface area (Å²) < 4.78 is 17.2. The molecule has 7 nitrogen and oxygen atoms in total. The fourth-order valence-electron chi connectivity index (χ4n) is 2.59. The molecule has 0 spiro atoms. The minimum absolute atomic E-state index is 0.153. The van der Waals surface area contributed by atoms with Crippen molar-refractivity contribution in [2.45, 2.75) is 13.3 Å². The van der Waals surface area contributed by atoms with Gasteiger partial charge in [0.2, 0.25) is 0 Å². The molecule has 3 aromatic carbocycles. The van der Waals surface area contributed by atoms with Crippen molar-refractivity contribution in [3.63, 3.8) is 0 Å². The second-order valence-electron chi connectivity index (χ2n) is 6.87. The SMILES string of the molecule is CCCOc1ccc(C(=O)Oc2ccc(/C=N/NC(=O)COc3ccc(Br)cc3)cc2)cc1. The van der Waals surface area contributed by atoms with E-state index in [0.717, 1.165) is 16.5 Å². The Morgan fingerprint density at radius 3 is 2.15 bits per heavy atom. The number of halogens is 1. The Morgan fingerprint density at radius 1 is 0.879 bits per heavy atom. The zero-order valence-corrected chi connectivity index (χ0v) is 19.6. The van der Waals surface area contributed by atoms with Gasteiger partial charge in [-0.05, 0) is 84.8 Å². The molecule has 0 bridgehead atoms. The van der Waals surface area contributed by atoms with E-state index in [0.29, 0.717) is 29.4 Å². The summed E-state index contributed by atoms with van der Waals surface area (Å²) in [4.78, 5) is 24.1. The molecule has 0 saturated carbocycles. The fourth-order valence-corrected chi connectivity index (χ4v) is 2.85. The molecule has 0 aliphatic heterocycles. The second-order valence-corrected chi connectivity index (χ2v) is 7.78. The first-order valence-corrected chi connectivity index (χ1v) is 11.1. The summed E-state index contributed by atoms with van der Waals surface area (Å²) in [6.07, 6.45) is 2.40. The van der Waals surface area contributed by atoms with Crippen LogP contribution in [-0.2, 0) is 4.79 Å². The largest absolute Gasteiger partial charge is 0.494 e. The van der Waals surface area contributed by atoms with Gasteiger partial charge in [-0.1, -0.05) is 22.9 Å². The lowest BCUT2D eigenvalue weighted by atomic mass is 10.2. The van der Waals surface area contributed by atoms with E-state index in [1.807, 2.05) is 19.1 Å². The number of carbonyl (C=O) groups is 2. The van der Waals surface area contributed by atoms with Crippen LogP contribution in [0.25, 0.3) is 0 Å². The van der Waals surface area contributed by atoms with Crippen LogP contribution in [-0.4, -0.2) is 31.3 Å². The number of amides is 1. The van der Waals surface area contributed by atoms with E-state index in [1.165, 1.54) is 6.21 Å². The van der Waals surface area contributed by atoms with Crippen LogP contribution in [0.2, 0.25) is 0 Å². The standard InChI is InChI=1S/C25H23BrN2O5/c1-2-15-31-21-11-5-19(6-12-21)25(30)33-23-9-3-18(4-10-23)16-27-28-24(29)17-32-22-13-7-20(26)8-14-22/h3-14,16H,2,15,17H2,1H3,(H,28,29)/b27-16+. The van der Waals surface area contributed by atoms with Crippen molar-refractivity contribution >= 4 is 34.0 Å². The van der Waals surface area contributed by atoms with Gasteiger partial charge in [0.15, 0.2) is 6.61 Å². The van der Waals surface area contributed by atoms with Gasteiger partial charge in [-0.3, -0.25) is 4.79 Å². The van der Waals surface area contributed by atoms with Gasteiger partial charge >= 0.3 is 5.97 Å². The Hall–Kier alpha value is -3.65. The molecule has 0 radical (unpaired) electrons. The van der Waals surface area contributed by atoms with Gasteiger partial charge in [0.1, 0.15) is 17.2 Å². The number of benzene rings is 3. The quantitative estimate of drug-likeness (QED) is 0.180. The van der Waals surface area contributed by atoms with E-state index in [9.17, 15) is 9.59 Å². The lowest BCUT2D eigenvalue weighted by molar-refractivity contribution is -0.123. The van der Waals surface area contributed by atoms with Crippen molar-refractivity contribution in [2.75, 3.05) is 13.2 Å². The van der Waals surface area contributed by atoms with E-state index >= 15 is 0 Å². The Kier molecular flexibility index (Phi) is 9.02. The third kappa shape index (κ3) is 8.08. The van der Waals surface area contributed by atoms with Crippen molar-refractivity contribution in [3.8, 4) is 17.2 Å². The van der Waals surface area contributed by atoms with Gasteiger partial charge in [0.25, 0.3) is 5.91 Å². The molecule has 0 aromatic heterocycles. The van der Waals surface area contributed by atoms with E-state index < -0.39 is 5.97 Å². The number of rotatable bonds is 10. The zero-order chi connectivity index (χ0) is 23.5. The third-order valence-electron chi connectivity index (χ3n) is 4.24. The normalized spacial score (nSPS) is 10.6. The molecule has 3 rings (SSSR count). The number of esters is 1. The molecule has 3 aromatic rings. The average molecular weight is 511 g/mol. The molecular formula is C25H23BrN2O5. The molecule has 0 unspecified atom stereocenters. The molecule has 0 atom stereocenters. The van der Waals surface area contributed by atoms with Crippen molar-refractivity contribution in [3.05, 3.63) is 88.4 Å². The lowest BCUT2D eigenvalue weighted by Gasteiger charge is -2.07. The molecule has 8 heteroatoms. The Balaban J connectivity index is 1.44. The van der Waals surface area contributed by atoms with Crippen LogP contribution in [0.3, 0.4) is 0 Å². The number of nitrogens with zero attached hydrogens (tertiary/aromatic N) is 1. The summed E-state index contributed by atoms with van der Waals surface area (Å²) in [5.41, 5.74) is 3.55. The summed E-state index contributed by atoms with van der Waals surface area (Å²) in [5.74, 6) is 0.852. The molecular weight excluding hydrogens is 488 g/mol. The first kappa shape index (κ1) is 24.0. The highest BCUT2D eigenvalue weighted by Gasteiger charge is 2.09. The van der Waals surface area contributed by atoms with Crippen molar-refractivity contribution in [2.24, 2.45) is 5.10 Å². The molecule has 0 heterocycles. The van der Waals surface area contributed by atoms with Crippen LogP contribution in [0.5, 0.6) is 17.2 Å². The van der Waals surface area contributed by atoms with Crippen LogP contribution in [0.1, 0.15) is 29.3 Å². The maximum absolute atomic E-state index is 12.3. The summed E-state index contributed by atoms with van der Waals surface area (Å²) in [6.45, 7) is 2.50. The maximum atomic E-state index is 12.3. The summed E-state index contributed by atoms with van der Waals surface area (Å²) in [5, 5.41) is 3.90. The predicted molar refractivity (Wildman–Crippen MR) is 129 cm³/mol. The highest BCUT2D eigenvalue weighted by molar-refractivity contribution is 9.10. The minimum Gasteiger partial charge on any atom is -0.494 e. The van der Waals surface area contributed by atoms with Crippen molar-refractivity contribution < 1.29 is 23.8 Å². The van der Waals surface area contributed by atoms with Crippen LogP contribution >= 0.6 is 15.9 Å². The third-order valence-corrected chi connectivity index (χ3v) is 4.77. The van der Waals surface area contributed by atoms with Gasteiger partial charge in [-0.15, -0.1) is 0 Å². The first-order valence-electron chi connectivity index (χ1n) is 10.3. The topological polar surface area (TPSA) is 86.2 Å². The minimum atomic E-state index is -0.462. The Morgan fingerprint density at radius 2 is 1.48 bits per heavy atom. The van der Waals surface area contributed by atoms with Crippen LogP contribution in [0.4, 0.5) is 0 Å². The van der Waals surface area contributed by atoms with E-state index in [2.05, 4.69) is 26.5 Å². The highest BCUT2D eigenvalue weighted by atomic mass is 79.9. The van der Waals surface area contributed by atoms with E-state index in [-0.39, 0.29) is 12.5 Å². The molecule has 0 aliphatic carbocycles. The monoisotopic (exact) mass is 510 g/mol. The molecule has 0 aliphatic rings. The number of hydrogen-bond acceptors (Lipinski definition) is 6. The smallest absolute Gasteiger partial charge is 0.343 e. The first-order chi connectivity index (χ1) is 16.0. The molecule has 0 saturated heterocycles. The lowest BCUT2D eigenvalue weighted by Crippen LogP contribution is -2.24. The molecule has 0 fully saturated rings. The molecule has 170 valence electrons. The number of hydrogen-bond donors (Lipinski definition) is 1. The number of hydrazone groups is 1. The van der Waals surface area contributed by atoms with Crippen molar-refractivity contribution in [1.29, 1.82) is 0 Å². The van der Waals surface area contributed by atoms with Gasteiger partial charge in [0, 0.05) is 4.47 Å². The highest BCUT2D eigenvalue weighted by Crippen LogP contribution is 2.17. The van der Waals surface area contributed by atoms with Gasteiger partial charge < -0.3 is 14.2 Å². The van der Waals surface area contributed by atoms with E-state index in [1.54, 1.807) is 60.7 Å². The second kappa shape index (κ2) is 12.4. The van der Waals surface area contributed by atoms with Gasteiger partial charge in [-0.2, -0.15) is 5.10 Å². The molecule has 1 N–H and O–H groups in total. The van der Waals surface area contributed by atoms with Crippen LogP contribution in [0, 0.1) is 0 Å². The number of carbonyl (C=O) groups excluding carboxylic acids is 2. The van der Waals surface area contributed by atoms with Crippen molar-refractivity contribution in [1.82, 2.24) is 5.43 Å². The molecule has 33 heavy (non-hydrogen) atoms. The maximum Gasteiger partial charge on any atom is 0.343 e. The fraction of sp³-hybridized carbons (Fsp3) is 0.160. The summed E-state index contributed by atoms with van der Waals surface area (Å²) >= 11 is 3.33. The summed E-state index contributed by atoms with van der Waals surface area (Å²) in [7, 11) is 0. The van der Waals surface area contributed by atoms with Gasteiger partial charge in [-0.25, -0.2) is 10.2 Å². The molecule has 1 amide bonds. The number of ether oxygens (including phenoxy) is 3.